The summed E-state index contributed by atoms with van der Waals surface area (Å²) in [6.45, 7) is 0. The summed E-state index contributed by atoms with van der Waals surface area (Å²) < 4.78 is 2.38. The molecule has 0 N–H and O–H groups in total. The molecule has 0 amide bonds. The van der Waals surface area contributed by atoms with E-state index in [1.165, 1.54) is 121 Å². The molecule has 4 aliphatic carbocycles. The van der Waals surface area contributed by atoms with Crippen molar-refractivity contribution in [2.45, 2.75) is 43.9 Å². The average Bonchev–Trinajstić information content (AvgIpc) is 3.75. The van der Waals surface area contributed by atoms with Gasteiger partial charge in [-0.2, -0.15) is 0 Å². The summed E-state index contributed by atoms with van der Waals surface area (Å²) in [5, 5.41) is 5.04. The Morgan fingerprint density at radius 2 is 0.814 bits per heavy atom. The van der Waals surface area contributed by atoms with Gasteiger partial charge in [-0.15, -0.1) is 0 Å². The molecule has 4 saturated carbocycles. The van der Waals surface area contributed by atoms with Crippen LogP contribution in [0, 0.1) is 17.8 Å². The van der Waals surface area contributed by atoms with Crippen LogP contribution in [0.15, 0.2) is 237 Å². The predicted octanol–water partition coefficient (Wildman–Crippen LogP) is 18.5. The molecule has 1 heterocycles. The highest BCUT2D eigenvalue weighted by atomic mass is 15.1. The van der Waals surface area contributed by atoms with Crippen molar-refractivity contribution in [2.24, 2.45) is 17.8 Å². The molecule has 0 radical (unpaired) electrons. The van der Waals surface area contributed by atoms with Gasteiger partial charge in [-0.1, -0.05) is 170 Å². The summed E-state index contributed by atoms with van der Waals surface area (Å²) >= 11 is 0. The maximum absolute atomic E-state index is 2.48. The zero-order chi connectivity index (χ0) is 46.2. The molecule has 4 bridgehead atoms. The maximum atomic E-state index is 2.48. The van der Waals surface area contributed by atoms with Gasteiger partial charge in [0.15, 0.2) is 0 Å². The Balaban J connectivity index is 0.823. The lowest BCUT2D eigenvalue weighted by Gasteiger charge is -2.57. The molecule has 0 atom stereocenters. The van der Waals surface area contributed by atoms with Gasteiger partial charge < -0.3 is 9.47 Å². The molecule has 0 unspecified atom stereocenters. The van der Waals surface area contributed by atoms with E-state index >= 15 is 0 Å². The van der Waals surface area contributed by atoms with E-state index in [1.54, 1.807) is 5.56 Å². The van der Waals surface area contributed by atoms with Crippen LogP contribution in [0.4, 0.5) is 17.1 Å². The highest BCUT2D eigenvalue weighted by Gasteiger charge is 2.51. The van der Waals surface area contributed by atoms with E-state index in [2.05, 4.69) is 246 Å². The Kier molecular flexibility index (Phi) is 9.76. The largest absolute Gasteiger partial charge is 0.311 e. The first-order chi connectivity index (χ1) is 34.6. The molecule has 0 saturated heterocycles. The van der Waals surface area contributed by atoms with Crippen LogP contribution in [0.2, 0.25) is 0 Å². The molecule has 2 nitrogen and oxygen atoms in total. The average molecular weight is 899 g/mol. The van der Waals surface area contributed by atoms with Gasteiger partial charge in [0.1, 0.15) is 0 Å². The van der Waals surface area contributed by atoms with Gasteiger partial charge in [-0.05, 0) is 189 Å². The Labute approximate surface area is 411 Å². The van der Waals surface area contributed by atoms with E-state index in [9.17, 15) is 0 Å². The van der Waals surface area contributed by atoms with Crippen LogP contribution in [-0.2, 0) is 5.41 Å². The summed E-state index contributed by atoms with van der Waals surface area (Å²) in [5.41, 5.74) is 18.8. The Morgan fingerprint density at radius 1 is 0.357 bits per heavy atom. The number of para-hydroxylation sites is 2. The molecule has 70 heavy (non-hydrogen) atoms. The van der Waals surface area contributed by atoms with E-state index in [-0.39, 0.29) is 0 Å². The van der Waals surface area contributed by atoms with E-state index in [1.807, 2.05) is 0 Å². The Hall–Kier alpha value is -7.94. The van der Waals surface area contributed by atoms with Crippen LogP contribution in [0.1, 0.15) is 44.1 Å². The summed E-state index contributed by atoms with van der Waals surface area (Å²) in [5.74, 6) is 2.84. The van der Waals surface area contributed by atoms with Crippen molar-refractivity contribution < 1.29 is 0 Å². The molecule has 15 rings (SSSR count). The normalized spacial score (nSPS) is 19.3. The van der Waals surface area contributed by atoms with Crippen LogP contribution < -0.4 is 4.90 Å². The minimum absolute atomic E-state index is 0.413. The van der Waals surface area contributed by atoms with Crippen LogP contribution in [0.25, 0.3) is 82.8 Å². The van der Waals surface area contributed by atoms with E-state index < -0.39 is 0 Å². The molecular weight excluding hydrogens is 845 g/mol. The lowest BCUT2D eigenvalue weighted by atomic mass is 9.48. The number of anilines is 3. The standard InChI is InChI=1S/C68H54N2/c1-3-11-52(12-4-1)61-18-9-13-54-14-10-19-62(67(54)61)53-27-36-60(37-28-53)69(58-32-23-50(24-33-58)49-21-30-56(31-22-49)68-43-46-39-47(44-68)41-48(40-46)45-68)59-34-25-51(26-35-59)55-29-38-66-64(42-55)63-17-7-8-20-65(63)70(66)57-15-5-2-6-16-57/h1-38,42,46-48H,39-41,43-45H2. The van der Waals surface area contributed by atoms with E-state index in [0.29, 0.717) is 5.41 Å². The lowest BCUT2D eigenvalue weighted by Crippen LogP contribution is -2.48. The fraction of sp³-hybridized carbons (Fsp3) is 0.147. The fourth-order valence-electron chi connectivity index (χ4n) is 13.8. The lowest BCUT2D eigenvalue weighted by molar-refractivity contribution is -0.00518. The van der Waals surface area contributed by atoms with Crippen molar-refractivity contribution >= 4 is 49.6 Å². The molecule has 0 aliphatic heterocycles. The molecule has 2 heteroatoms. The second-order valence-electron chi connectivity index (χ2n) is 20.7. The minimum atomic E-state index is 0.413. The number of aromatic nitrogens is 1. The first kappa shape index (κ1) is 41.1. The van der Waals surface area contributed by atoms with Crippen molar-refractivity contribution in [3.8, 4) is 50.2 Å². The third-order valence-corrected chi connectivity index (χ3v) is 16.6. The van der Waals surface area contributed by atoms with Gasteiger partial charge in [0.2, 0.25) is 0 Å². The third kappa shape index (κ3) is 6.99. The van der Waals surface area contributed by atoms with Crippen molar-refractivity contribution in [1.82, 2.24) is 4.57 Å². The van der Waals surface area contributed by atoms with Crippen LogP contribution >= 0.6 is 0 Å². The van der Waals surface area contributed by atoms with Gasteiger partial charge in [-0.3, -0.25) is 0 Å². The topological polar surface area (TPSA) is 8.17 Å². The molecule has 4 aliphatic rings. The van der Waals surface area contributed by atoms with Crippen LogP contribution in [-0.4, -0.2) is 4.57 Å². The number of hydrogen-bond donors (Lipinski definition) is 0. The van der Waals surface area contributed by atoms with E-state index in [0.717, 1.165) is 34.8 Å². The monoisotopic (exact) mass is 898 g/mol. The summed E-state index contributed by atoms with van der Waals surface area (Å²) in [6, 6.07) is 87.8. The maximum Gasteiger partial charge on any atom is 0.0541 e. The molecule has 10 aromatic carbocycles. The van der Waals surface area contributed by atoms with Gasteiger partial charge in [0.05, 0.1) is 11.0 Å². The summed E-state index contributed by atoms with van der Waals surface area (Å²) in [7, 11) is 0. The summed E-state index contributed by atoms with van der Waals surface area (Å²) in [4.78, 5) is 2.41. The molecule has 336 valence electrons. The Bertz CT molecular complexity index is 3660. The molecule has 11 aromatic rings. The van der Waals surface area contributed by atoms with Crippen molar-refractivity contribution in [3.63, 3.8) is 0 Å². The number of fused-ring (bicyclic) bond motifs is 4. The molecule has 4 fully saturated rings. The number of hydrogen-bond acceptors (Lipinski definition) is 1. The SMILES string of the molecule is c1ccc(-c2cccc3cccc(-c4ccc(N(c5ccc(-c6ccc(C78CC9CC(CC(C9)C7)C8)cc6)cc5)c5ccc(-c6ccc7c(c6)c6ccccc6n7-c6ccccc6)cc5)cc4)c23)cc1. The number of rotatable bonds is 9. The zero-order valence-corrected chi connectivity index (χ0v) is 39.4. The van der Waals surface area contributed by atoms with Crippen molar-refractivity contribution in [1.29, 1.82) is 0 Å². The van der Waals surface area contributed by atoms with Gasteiger partial charge in [0, 0.05) is 33.5 Å². The second kappa shape index (κ2) is 16.6. The van der Waals surface area contributed by atoms with Crippen LogP contribution in [0.3, 0.4) is 0 Å². The fourth-order valence-corrected chi connectivity index (χ4v) is 13.8. The first-order valence-corrected chi connectivity index (χ1v) is 25.5. The van der Waals surface area contributed by atoms with Crippen LogP contribution in [0.5, 0.6) is 0 Å². The third-order valence-electron chi connectivity index (χ3n) is 16.6. The second-order valence-corrected chi connectivity index (χ2v) is 20.7. The smallest absolute Gasteiger partial charge is 0.0541 e. The van der Waals surface area contributed by atoms with Crippen molar-refractivity contribution in [3.05, 3.63) is 242 Å². The summed E-state index contributed by atoms with van der Waals surface area (Å²) in [6.07, 6.45) is 8.64. The highest BCUT2D eigenvalue weighted by Crippen LogP contribution is 2.61. The minimum Gasteiger partial charge on any atom is -0.311 e. The molecule has 0 spiro atoms. The quantitative estimate of drug-likeness (QED) is 0.140. The van der Waals surface area contributed by atoms with Gasteiger partial charge in [0.25, 0.3) is 0 Å². The predicted molar refractivity (Wildman–Crippen MR) is 295 cm³/mol. The first-order valence-electron chi connectivity index (χ1n) is 25.5. The zero-order valence-electron chi connectivity index (χ0n) is 39.4. The van der Waals surface area contributed by atoms with E-state index in [4.69, 9.17) is 0 Å². The van der Waals surface area contributed by atoms with Crippen molar-refractivity contribution in [2.75, 3.05) is 4.90 Å². The molecule has 1 aromatic heterocycles. The highest BCUT2D eigenvalue weighted by molar-refractivity contribution is 6.10. The number of nitrogens with zero attached hydrogens (tertiary/aromatic N) is 2. The Morgan fingerprint density at radius 3 is 1.40 bits per heavy atom. The van der Waals surface area contributed by atoms with Gasteiger partial charge in [-0.25, -0.2) is 0 Å². The van der Waals surface area contributed by atoms with Gasteiger partial charge >= 0.3 is 0 Å². The molecular formula is C68H54N2. The number of benzene rings is 10.